The average Bonchev–Trinajstić information content (AvgIpc) is 2.63. The maximum Gasteiger partial charge on any atom is 0.404 e. The fourth-order valence-corrected chi connectivity index (χ4v) is 3.15. The highest BCUT2D eigenvalue weighted by molar-refractivity contribution is 6.31. The van der Waals surface area contributed by atoms with Gasteiger partial charge in [-0.2, -0.15) is 0 Å². The molecule has 0 fully saturated rings. The zero-order valence-electron chi connectivity index (χ0n) is 14.2. The number of rotatable bonds is 4. The van der Waals surface area contributed by atoms with Crippen molar-refractivity contribution in [3.05, 3.63) is 63.5 Å². The van der Waals surface area contributed by atoms with Gasteiger partial charge in [-0.25, -0.2) is 4.79 Å². The second-order valence-corrected chi connectivity index (χ2v) is 6.20. The molecule has 0 aliphatic carbocycles. The predicted molar refractivity (Wildman–Crippen MR) is 101 cm³/mol. The summed E-state index contributed by atoms with van der Waals surface area (Å²) in [5, 5.41) is 13.0. The summed E-state index contributed by atoms with van der Waals surface area (Å²) in [7, 11) is 3.21. The molecule has 0 radical (unpaired) electrons. The molecular formula is C19H17ClN2O4. The van der Waals surface area contributed by atoms with Crippen molar-refractivity contribution in [1.29, 1.82) is 0 Å². The number of pyridine rings is 1. The van der Waals surface area contributed by atoms with Crippen LogP contribution in [0.5, 0.6) is 5.75 Å². The molecule has 6 nitrogen and oxygen atoms in total. The van der Waals surface area contributed by atoms with Crippen LogP contribution in [0.15, 0.2) is 47.3 Å². The van der Waals surface area contributed by atoms with Crippen LogP contribution in [0.25, 0.3) is 21.9 Å². The van der Waals surface area contributed by atoms with Crippen molar-refractivity contribution in [3.63, 3.8) is 0 Å². The summed E-state index contributed by atoms with van der Waals surface area (Å²) in [6, 6.07) is 12.4. The number of amides is 1. The van der Waals surface area contributed by atoms with Gasteiger partial charge >= 0.3 is 6.09 Å². The molecule has 0 spiro atoms. The van der Waals surface area contributed by atoms with Crippen molar-refractivity contribution in [1.82, 2.24) is 9.88 Å². The zero-order chi connectivity index (χ0) is 18.8. The van der Waals surface area contributed by atoms with Crippen molar-refractivity contribution in [3.8, 4) is 16.9 Å². The molecule has 0 bridgehead atoms. The maximum atomic E-state index is 12.7. The minimum Gasteiger partial charge on any atom is -0.497 e. The molecule has 26 heavy (non-hydrogen) atoms. The number of nitrogens with zero attached hydrogens (tertiary/aromatic N) is 1. The molecule has 2 aromatic carbocycles. The van der Waals surface area contributed by atoms with Crippen molar-refractivity contribution in [2.45, 2.75) is 6.54 Å². The molecule has 0 aliphatic heterocycles. The Bertz CT molecular complexity index is 1040. The van der Waals surface area contributed by atoms with E-state index in [1.54, 1.807) is 32.4 Å². The van der Waals surface area contributed by atoms with E-state index in [0.29, 0.717) is 27.2 Å². The fraction of sp³-hybridized carbons (Fsp3) is 0.158. The predicted octanol–water partition coefficient (Wildman–Crippen LogP) is 3.64. The monoisotopic (exact) mass is 372 g/mol. The molecule has 1 amide bonds. The first-order chi connectivity index (χ1) is 12.4. The van der Waals surface area contributed by atoms with Crippen LogP contribution >= 0.6 is 11.6 Å². The molecule has 134 valence electrons. The van der Waals surface area contributed by atoms with Gasteiger partial charge in [0.1, 0.15) is 5.75 Å². The first-order valence-corrected chi connectivity index (χ1v) is 8.22. The van der Waals surface area contributed by atoms with E-state index in [1.165, 1.54) is 4.57 Å². The molecule has 0 saturated carbocycles. The van der Waals surface area contributed by atoms with Crippen LogP contribution < -0.4 is 15.6 Å². The molecule has 2 N–H and O–H groups in total. The van der Waals surface area contributed by atoms with Crippen LogP contribution in [0.4, 0.5) is 4.79 Å². The second-order valence-electron chi connectivity index (χ2n) is 5.76. The van der Waals surface area contributed by atoms with Gasteiger partial charge in [0.25, 0.3) is 5.56 Å². The molecular weight excluding hydrogens is 356 g/mol. The number of hydrogen-bond donors (Lipinski definition) is 2. The standard InChI is InChI=1S/C19H17ClN2O4/c1-22-16(10-21-19(24)25)17(11-3-6-13(26-2)7-4-11)15-9-12(20)5-8-14(15)18(22)23/h3-9,21H,10H2,1-2H3,(H,24,25). The van der Waals surface area contributed by atoms with E-state index < -0.39 is 6.09 Å². The normalized spacial score (nSPS) is 10.7. The molecule has 0 aliphatic rings. The summed E-state index contributed by atoms with van der Waals surface area (Å²) < 4.78 is 6.66. The molecule has 1 aromatic heterocycles. The van der Waals surface area contributed by atoms with Gasteiger partial charge in [-0.05, 0) is 41.3 Å². The van der Waals surface area contributed by atoms with Crippen molar-refractivity contribution >= 4 is 28.5 Å². The van der Waals surface area contributed by atoms with Crippen LogP contribution in [-0.2, 0) is 13.6 Å². The van der Waals surface area contributed by atoms with Crippen LogP contribution in [-0.4, -0.2) is 22.9 Å². The quantitative estimate of drug-likeness (QED) is 0.732. The Labute approximate surface area is 154 Å². The Morgan fingerprint density at radius 3 is 2.50 bits per heavy atom. The van der Waals surface area contributed by atoms with E-state index in [0.717, 1.165) is 11.1 Å². The number of carboxylic acid groups (broad SMARTS) is 1. The highest BCUT2D eigenvalue weighted by atomic mass is 35.5. The van der Waals surface area contributed by atoms with E-state index in [1.807, 2.05) is 24.3 Å². The molecule has 3 aromatic rings. The van der Waals surface area contributed by atoms with Crippen LogP contribution in [0.1, 0.15) is 5.69 Å². The van der Waals surface area contributed by atoms with E-state index in [-0.39, 0.29) is 12.1 Å². The third-order valence-corrected chi connectivity index (χ3v) is 4.50. The number of methoxy groups -OCH3 is 1. The minimum absolute atomic E-state index is 0.00904. The molecule has 3 rings (SSSR count). The number of hydrogen-bond acceptors (Lipinski definition) is 3. The first kappa shape index (κ1) is 17.8. The Morgan fingerprint density at radius 1 is 1.19 bits per heavy atom. The first-order valence-electron chi connectivity index (χ1n) is 7.84. The zero-order valence-corrected chi connectivity index (χ0v) is 15.0. The second kappa shape index (κ2) is 7.09. The van der Waals surface area contributed by atoms with Crippen molar-refractivity contribution in [2.75, 3.05) is 7.11 Å². The van der Waals surface area contributed by atoms with Gasteiger partial charge in [-0.3, -0.25) is 4.79 Å². The van der Waals surface area contributed by atoms with Gasteiger partial charge in [0, 0.05) is 28.7 Å². The SMILES string of the molecule is COc1ccc(-c2c(CNC(=O)O)n(C)c(=O)c3ccc(Cl)cc23)cc1. The van der Waals surface area contributed by atoms with Crippen LogP contribution in [0.2, 0.25) is 5.02 Å². The highest BCUT2D eigenvalue weighted by Gasteiger charge is 2.17. The average molecular weight is 373 g/mol. The summed E-state index contributed by atoms with van der Waals surface area (Å²) in [6.45, 7) is -0.00904. The largest absolute Gasteiger partial charge is 0.497 e. The highest BCUT2D eigenvalue weighted by Crippen LogP contribution is 2.33. The Kier molecular flexibility index (Phi) is 4.86. The van der Waals surface area contributed by atoms with Gasteiger partial charge in [0.05, 0.1) is 13.7 Å². The summed E-state index contributed by atoms with van der Waals surface area (Å²) in [6.07, 6.45) is -1.16. The van der Waals surface area contributed by atoms with Gasteiger partial charge in [0.15, 0.2) is 0 Å². The van der Waals surface area contributed by atoms with E-state index in [4.69, 9.17) is 21.4 Å². The fourth-order valence-electron chi connectivity index (χ4n) is 2.98. The van der Waals surface area contributed by atoms with Gasteiger partial charge in [0.2, 0.25) is 0 Å². The lowest BCUT2D eigenvalue weighted by atomic mass is 9.96. The summed E-state index contributed by atoms with van der Waals surface area (Å²) in [5.41, 5.74) is 1.92. The minimum atomic E-state index is -1.16. The molecule has 1 heterocycles. The number of fused-ring (bicyclic) bond motifs is 1. The number of nitrogens with one attached hydrogen (secondary N) is 1. The van der Waals surface area contributed by atoms with E-state index >= 15 is 0 Å². The van der Waals surface area contributed by atoms with Gasteiger partial charge in [-0.1, -0.05) is 23.7 Å². The van der Waals surface area contributed by atoms with Crippen LogP contribution in [0.3, 0.4) is 0 Å². The van der Waals surface area contributed by atoms with Crippen LogP contribution in [0, 0.1) is 0 Å². The smallest absolute Gasteiger partial charge is 0.404 e. The summed E-state index contributed by atoms with van der Waals surface area (Å²) in [4.78, 5) is 23.7. The summed E-state index contributed by atoms with van der Waals surface area (Å²) in [5.74, 6) is 0.700. The number of aromatic nitrogens is 1. The molecule has 7 heteroatoms. The Hall–Kier alpha value is -2.99. The lowest BCUT2D eigenvalue weighted by Crippen LogP contribution is -2.28. The van der Waals surface area contributed by atoms with Crippen molar-refractivity contribution in [2.24, 2.45) is 7.05 Å². The topological polar surface area (TPSA) is 80.6 Å². The van der Waals surface area contributed by atoms with Gasteiger partial charge < -0.3 is 19.7 Å². The lowest BCUT2D eigenvalue weighted by molar-refractivity contribution is 0.193. The molecule has 0 unspecified atom stereocenters. The maximum absolute atomic E-state index is 12.7. The number of carbonyl (C=O) groups is 1. The molecule has 0 atom stereocenters. The Balaban J connectivity index is 2.36. The number of halogens is 1. The third-order valence-electron chi connectivity index (χ3n) is 4.27. The third kappa shape index (κ3) is 3.23. The van der Waals surface area contributed by atoms with E-state index in [2.05, 4.69) is 5.32 Å². The van der Waals surface area contributed by atoms with Crippen molar-refractivity contribution < 1.29 is 14.6 Å². The Morgan fingerprint density at radius 2 is 1.88 bits per heavy atom. The summed E-state index contributed by atoms with van der Waals surface area (Å²) >= 11 is 6.16. The van der Waals surface area contributed by atoms with Gasteiger partial charge in [-0.15, -0.1) is 0 Å². The number of benzene rings is 2. The lowest BCUT2D eigenvalue weighted by Gasteiger charge is -2.18. The molecule has 0 saturated heterocycles. The number of ether oxygens (including phenoxy) is 1. The van der Waals surface area contributed by atoms with E-state index in [9.17, 15) is 9.59 Å².